The van der Waals surface area contributed by atoms with Gasteiger partial charge < -0.3 is 9.80 Å². The lowest BCUT2D eigenvalue weighted by atomic mass is 9.92. The van der Waals surface area contributed by atoms with Crippen LogP contribution >= 0.6 is 0 Å². The van der Waals surface area contributed by atoms with Crippen molar-refractivity contribution >= 4 is 34.1 Å². The largest absolute Gasteiger partial charge is 0.310 e. The van der Waals surface area contributed by atoms with Gasteiger partial charge in [-0.3, -0.25) is 0 Å². The Morgan fingerprint density at radius 2 is 0.580 bits per heavy atom. The molecule has 7 aromatic carbocycles. The van der Waals surface area contributed by atoms with Crippen molar-refractivity contribution < 1.29 is 17.6 Å². The van der Waals surface area contributed by atoms with E-state index in [4.69, 9.17) is 0 Å². The van der Waals surface area contributed by atoms with Crippen LogP contribution in [0.1, 0.15) is 11.1 Å². The first-order valence-corrected chi connectivity index (χ1v) is 16.2. The molecule has 7 aromatic rings. The molecule has 2 nitrogen and oxygen atoms in total. The minimum atomic E-state index is -1.45. The SMILES string of the molecule is Cc1cc(N(c2ccccc2)c2ccccc2)ccc1-c1c(F)c(F)c(-c2ccc(N(c3ccccc3)c3ccccc3)cc2C)c(F)c1F. The molecule has 0 heterocycles. The van der Waals surface area contributed by atoms with E-state index in [0.29, 0.717) is 11.1 Å². The number of rotatable bonds is 8. The summed E-state index contributed by atoms with van der Waals surface area (Å²) in [7, 11) is 0. The molecule has 0 bridgehead atoms. The lowest BCUT2D eigenvalue weighted by Gasteiger charge is -2.26. The van der Waals surface area contributed by atoms with E-state index in [1.165, 1.54) is 12.1 Å². The zero-order valence-corrected chi connectivity index (χ0v) is 27.4. The molecule has 0 fully saturated rings. The van der Waals surface area contributed by atoms with Crippen molar-refractivity contribution in [1.82, 2.24) is 0 Å². The van der Waals surface area contributed by atoms with Gasteiger partial charge in [0.15, 0.2) is 23.3 Å². The van der Waals surface area contributed by atoms with E-state index in [2.05, 4.69) is 0 Å². The summed E-state index contributed by atoms with van der Waals surface area (Å²) < 4.78 is 64.1. The highest BCUT2D eigenvalue weighted by molar-refractivity contribution is 5.83. The number of hydrogen-bond donors (Lipinski definition) is 0. The van der Waals surface area contributed by atoms with Crippen LogP contribution in [0.2, 0.25) is 0 Å². The maximum atomic E-state index is 16.0. The summed E-state index contributed by atoms with van der Waals surface area (Å²) in [6, 6.07) is 48.5. The minimum Gasteiger partial charge on any atom is -0.310 e. The first-order valence-electron chi connectivity index (χ1n) is 16.2. The molecule has 0 aliphatic rings. The van der Waals surface area contributed by atoms with E-state index < -0.39 is 34.4 Å². The van der Waals surface area contributed by atoms with Crippen LogP contribution in [-0.2, 0) is 0 Å². The molecule has 6 heteroatoms. The molecule has 0 unspecified atom stereocenters. The molecule has 0 N–H and O–H groups in total. The molecule has 0 aromatic heterocycles. The molecule has 50 heavy (non-hydrogen) atoms. The third kappa shape index (κ3) is 6.01. The lowest BCUT2D eigenvalue weighted by Crippen LogP contribution is -2.11. The van der Waals surface area contributed by atoms with Gasteiger partial charge in [-0.25, -0.2) is 17.6 Å². The van der Waals surface area contributed by atoms with Gasteiger partial charge in [-0.1, -0.05) is 84.9 Å². The van der Waals surface area contributed by atoms with Gasteiger partial charge in [0.25, 0.3) is 0 Å². The van der Waals surface area contributed by atoms with Gasteiger partial charge in [-0.05, 0) is 109 Å². The highest BCUT2D eigenvalue weighted by atomic mass is 19.2. The van der Waals surface area contributed by atoms with Gasteiger partial charge >= 0.3 is 0 Å². The maximum Gasteiger partial charge on any atom is 0.170 e. The zero-order valence-electron chi connectivity index (χ0n) is 27.4. The van der Waals surface area contributed by atoms with Crippen molar-refractivity contribution in [3.8, 4) is 22.3 Å². The molecule has 0 aliphatic heterocycles. The summed E-state index contributed by atoms with van der Waals surface area (Å²) in [6.07, 6.45) is 0. The van der Waals surface area contributed by atoms with Crippen molar-refractivity contribution in [2.45, 2.75) is 13.8 Å². The Morgan fingerprint density at radius 3 is 0.820 bits per heavy atom. The Labute approximate surface area is 289 Å². The fourth-order valence-corrected chi connectivity index (χ4v) is 6.44. The number of benzene rings is 7. The predicted octanol–water partition coefficient (Wildman–Crippen LogP) is 13.1. The standard InChI is InChI=1S/C44H32F4N2/c1-29-27-35(49(31-15-7-3-8-16-31)32-17-9-4-10-18-32)23-25-37(29)39-41(45)43(47)40(44(48)42(39)46)38-26-24-36(28-30(38)2)50(33-19-11-5-12-20-33)34-21-13-6-14-22-34/h3-28H,1-2H3. The fraction of sp³-hybridized carbons (Fsp3) is 0.0455. The second-order valence-electron chi connectivity index (χ2n) is 12.0. The van der Waals surface area contributed by atoms with E-state index in [0.717, 1.165) is 34.1 Å². The smallest absolute Gasteiger partial charge is 0.170 e. The molecule has 7 rings (SSSR count). The Hall–Kier alpha value is -6.14. The van der Waals surface area contributed by atoms with Crippen molar-refractivity contribution in [2.24, 2.45) is 0 Å². The van der Waals surface area contributed by atoms with E-state index in [9.17, 15) is 0 Å². The summed E-state index contributed by atoms with van der Waals surface area (Å²) in [6.45, 7) is 3.34. The predicted molar refractivity (Wildman–Crippen MR) is 196 cm³/mol. The number of halogens is 4. The van der Waals surface area contributed by atoms with E-state index in [1.807, 2.05) is 131 Å². The molecule has 0 atom stereocenters. The number of aryl methyl sites for hydroxylation is 2. The Bertz CT molecular complexity index is 2000. The fourth-order valence-electron chi connectivity index (χ4n) is 6.44. The van der Waals surface area contributed by atoms with E-state index >= 15 is 17.6 Å². The quantitative estimate of drug-likeness (QED) is 0.118. The highest BCUT2D eigenvalue weighted by Crippen LogP contribution is 2.43. The third-order valence-electron chi connectivity index (χ3n) is 8.80. The average Bonchev–Trinajstić information content (AvgIpc) is 3.15. The molecular weight excluding hydrogens is 632 g/mol. The monoisotopic (exact) mass is 664 g/mol. The van der Waals surface area contributed by atoms with Gasteiger partial charge in [0, 0.05) is 34.1 Å². The van der Waals surface area contributed by atoms with Gasteiger partial charge in [0.05, 0.1) is 11.1 Å². The van der Waals surface area contributed by atoms with Crippen LogP contribution in [0.4, 0.5) is 51.7 Å². The number of para-hydroxylation sites is 4. The Morgan fingerprint density at radius 1 is 0.320 bits per heavy atom. The van der Waals surface area contributed by atoms with Crippen LogP contribution in [0.5, 0.6) is 0 Å². The second-order valence-corrected chi connectivity index (χ2v) is 12.0. The van der Waals surface area contributed by atoms with Gasteiger partial charge in [-0.2, -0.15) is 0 Å². The van der Waals surface area contributed by atoms with Gasteiger partial charge in [0.2, 0.25) is 0 Å². The topological polar surface area (TPSA) is 6.48 Å². The van der Waals surface area contributed by atoms with Crippen LogP contribution < -0.4 is 9.80 Å². The average molecular weight is 665 g/mol. The van der Waals surface area contributed by atoms with Crippen molar-refractivity contribution in [3.63, 3.8) is 0 Å². The zero-order chi connectivity index (χ0) is 34.8. The maximum absolute atomic E-state index is 16.0. The Kier molecular flexibility index (Phi) is 8.92. The number of nitrogens with zero attached hydrogens (tertiary/aromatic N) is 2. The summed E-state index contributed by atoms with van der Waals surface area (Å²) in [5.41, 5.74) is 4.48. The highest BCUT2D eigenvalue weighted by Gasteiger charge is 2.29. The normalized spacial score (nSPS) is 11.0. The van der Waals surface area contributed by atoms with Crippen LogP contribution in [-0.4, -0.2) is 0 Å². The van der Waals surface area contributed by atoms with E-state index in [1.54, 1.807) is 38.1 Å². The molecule has 0 saturated heterocycles. The first-order chi connectivity index (χ1) is 24.3. The summed E-state index contributed by atoms with van der Waals surface area (Å²) >= 11 is 0. The second kappa shape index (κ2) is 13.8. The first kappa shape index (κ1) is 32.4. The number of anilines is 6. The molecular formula is C44H32F4N2. The Balaban J connectivity index is 1.29. The summed E-state index contributed by atoms with van der Waals surface area (Å²) in [4.78, 5) is 3.99. The molecule has 0 amide bonds. The number of hydrogen-bond acceptors (Lipinski definition) is 2. The summed E-state index contributed by atoms with van der Waals surface area (Å²) in [5, 5.41) is 0. The molecule has 0 spiro atoms. The third-order valence-corrected chi connectivity index (χ3v) is 8.80. The molecule has 246 valence electrons. The van der Waals surface area contributed by atoms with Crippen LogP contribution in [0, 0.1) is 37.1 Å². The van der Waals surface area contributed by atoms with Gasteiger partial charge in [-0.15, -0.1) is 0 Å². The van der Waals surface area contributed by atoms with Crippen molar-refractivity contribution in [1.29, 1.82) is 0 Å². The van der Waals surface area contributed by atoms with Crippen molar-refractivity contribution in [3.05, 3.63) is 192 Å². The minimum absolute atomic E-state index is 0.0580. The molecule has 0 radical (unpaired) electrons. The molecule has 0 saturated carbocycles. The van der Waals surface area contributed by atoms with Crippen LogP contribution in [0.25, 0.3) is 22.3 Å². The van der Waals surface area contributed by atoms with Gasteiger partial charge in [0.1, 0.15) is 0 Å². The molecule has 0 aliphatic carbocycles. The van der Waals surface area contributed by atoms with Crippen LogP contribution in [0.3, 0.4) is 0 Å². The van der Waals surface area contributed by atoms with Crippen LogP contribution in [0.15, 0.2) is 158 Å². The summed E-state index contributed by atoms with van der Waals surface area (Å²) in [5.74, 6) is -5.79. The van der Waals surface area contributed by atoms with Crippen molar-refractivity contribution in [2.75, 3.05) is 9.80 Å². The van der Waals surface area contributed by atoms with E-state index in [-0.39, 0.29) is 11.1 Å². The lowest BCUT2D eigenvalue weighted by molar-refractivity contribution is 0.462.